The van der Waals surface area contributed by atoms with E-state index in [1.807, 2.05) is 60.7 Å². The van der Waals surface area contributed by atoms with Gasteiger partial charge in [-0.05, 0) is 41.5 Å². The first-order valence-electron chi connectivity index (χ1n) is 7.59. The van der Waals surface area contributed by atoms with Crippen molar-refractivity contribution in [3.63, 3.8) is 0 Å². The van der Waals surface area contributed by atoms with Gasteiger partial charge in [0.2, 0.25) is 5.88 Å². The lowest BCUT2D eigenvalue weighted by atomic mass is 10.1. The molecule has 5 heteroatoms. The Kier molecular flexibility index (Phi) is 3.59. The Labute approximate surface area is 138 Å². The van der Waals surface area contributed by atoms with Gasteiger partial charge in [0.15, 0.2) is 0 Å². The Morgan fingerprint density at radius 3 is 2.50 bits per heavy atom. The Hall–Kier alpha value is -3.34. The van der Waals surface area contributed by atoms with Gasteiger partial charge >= 0.3 is 0 Å². The molecule has 0 bridgehead atoms. The quantitative estimate of drug-likeness (QED) is 0.598. The molecule has 4 aromatic rings. The Morgan fingerprint density at radius 2 is 1.75 bits per heavy atom. The molecule has 0 aliphatic heterocycles. The number of nitrogens with zero attached hydrogens (tertiary/aromatic N) is 2. The summed E-state index contributed by atoms with van der Waals surface area (Å²) in [6.07, 6.45) is 1.33. The van der Waals surface area contributed by atoms with Crippen molar-refractivity contribution in [3.8, 4) is 22.9 Å². The van der Waals surface area contributed by atoms with Crippen molar-refractivity contribution < 1.29 is 9.84 Å². The zero-order valence-corrected chi connectivity index (χ0v) is 12.8. The number of aromatic hydroxyl groups is 1. The molecule has 0 saturated heterocycles. The number of aromatic nitrogens is 3. The zero-order valence-electron chi connectivity index (χ0n) is 12.8. The lowest BCUT2D eigenvalue weighted by Crippen LogP contribution is -1.94. The first-order valence-corrected chi connectivity index (χ1v) is 7.59. The van der Waals surface area contributed by atoms with Crippen LogP contribution in [0, 0.1) is 0 Å². The van der Waals surface area contributed by atoms with Crippen molar-refractivity contribution in [2.45, 2.75) is 6.61 Å². The number of hydrogen-bond acceptors (Lipinski definition) is 4. The highest BCUT2D eigenvalue weighted by Crippen LogP contribution is 2.28. The van der Waals surface area contributed by atoms with Gasteiger partial charge in [-0.2, -0.15) is 0 Å². The van der Waals surface area contributed by atoms with E-state index >= 15 is 0 Å². The standard InChI is InChI=1S/C19H15N3O2/c23-19-16-10-17(22-18(16)20-12-21-19)14-6-8-15(9-7-14)24-11-13-4-2-1-3-5-13/h1-10,12H,11H2,(H2,20,21,22,23). The maximum Gasteiger partial charge on any atom is 0.223 e. The van der Waals surface area contributed by atoms with Gasteiger partial charge in [-0.1, -0.05) is 30.3 Å². The maximum absolute atomic E-state index is 9.76. The summed E-state index contributed by atoms with van der Waals surface area (Å²) in [5.74, 6) is 0.784. The monoisotopic (exact) mass is 317 g/mol. The average Bonchev–Trinajstić information content (AvgIpc) is 3.07. The summed E-state index contributed by atoms with van der Waals surface area (Å²) in [6, 6.07) is 19.7. The average molecular weight is 317 g/mol. The van der Waals surface area contributed by atoms with Crippen LogP contribution < -0.4 is 4.74 Å². The van der Waals surface area contributed by atoms with Crippen LogP contribution in [0.4, 0.5) is 0 Å². The van der Waals surface area contributed by atoms with Crippen molar-refractivity contribution in [1.29, 1.82) is 0 Å². The van der Waals surface area contributed by atoms with E-state index in [1.165, 1.54) is 6.33 Å². The van der Waals surface area contributed by atoms with E-state index in [1.54, 1.807) is 0 Å². The second kappa shape index (κ2) is 6.04. The molecule has 2 aromatic heterocycles. The topological polar surface area (TPSA) is 71.0 Å². The lowest BCUT2D eigenvalue weighted by molar-refractivity contribution is 0.306. The van der Waals surface area contributed by atoms with Crippen molar-refractivity contribution in [2.75, 3.05) is 0 Å². The van der Waals surface area contributed by atoms with Crippen LogP contribution in [0.15, 0.2) is 67.0 Å². The van der Waals surface area contributed by atoms with Crippen molar-refractivity contribution in [1.82, 2.24) is 15.0 Å². The molecule has 0 radical (unpaired) electrons. The molecule has 0 atom stereocenters. The Bertz CT molecular complexity index is 963. The molecule has 24 heavy (non-hydrogen) atoms. The third-order valence-corrected chi connectivity index (χ3v) is 3.82. The van der Waals surface area contributed by atoms with Gasteiger partial charge in [0.25, 0.3) is 0 Å². The van der Waals surface area contributed by atoms with E-state index in [4.69, 9.17) is 4.74 Å². The van der Waals surface area contributed by atoms with E-state index in [2.05, 4.69) is 15.0 Å². The number of aromatic amines is 1. The number of ether oxygens (including phenoxy) is 1. The first-order chi connectivity index (χ1) is 11.8. The molecule has 0 spiro atoms. The fourth-order valence-corrected chi connectivity index (χ4v) is 2.55. The zero-order chi connectivity index (χ0) is 16.4. The smallest absolute Gasteiger partial charge is 0.223 e. The molecule has 0 unspecified atom stereocenters. The summed E-state index contributed by atoms with van der Waals surface area (Å²) in [6.45, 7) is 0.538. The van der Waals surface area contributed by atoms with Gasteiger partial charge in [-0.15, -0.1) is 0 Å². The van der Waals surface area contributed by atoms with Crippen LogP contribution in [0.2, 0.25) is 0 Å². The normalized spacial score (nSPS) is 10.8. The van der Waals surface area contributed by atoms with E-state index in [0.717, 1.165) is 22.6 Å². The molecule has 118 valence electrons. The molecule has 2 heterocycles. The van der Waals surface area contributed by atoms with Crippen molar-refractivity contribution in [3.05, 3.63) is 72.6 Å². The summed E-state index contributed by atoms with van der Waals surface area (Å²) >= 11 is 0. The third-order valence-electron chi connectivity index (χ3n) is 3.82. The highest BCUT2D eigenvalue weighted by molar-refractivity contribution is 5.86. The molecule has 0 fully saturated rings. The Balaban J connectivity index is 1.53. The van der Waals surface area contributed by atoms with Crippen LogP contribution >= 0.6 is 0 Å². The van der Waals surface area contributed by atoms with Crippen molar-refractivity contribution in [2.24, 2.45) is 0 Å². The fraction of sp³-hybridized carbons (Fsp3) is 0.0526. The number of hydrogen-bond donors (Lipinski definition) is 2. The van der Waals surface area contributed by atoms with Crippen LogP contribution in [0.1, 0.15) is 5.56 Å². The van der Waals surface area contributed by atoms with Gasteiger partial charge in [-0.3, -0.25) is 0 Å². The predicted molar refractivity (Wildman–Crippen MR) is 91.8 cm³/mol. The molecular formula is C19H15N3O2. The van der Waals surface area contributed by atoms with Crippen LogP contribution in [0.25, 0.3) is 22.3 Å². The predicted octanol–water partition coefficient (Wildman–Crippen LogP) is 3.91. The van der Waals surface area contributed by atoms with Gasteiger partial charge in [-0.25, -0.2) is 9.97 Å². The number of rotatable bonds is 4. The maximum atomic E-state index is 9.76. The van der Waals surface area contributed by atoms with E-state index in [9.17, 15) is 5.11 Å². The molecule has 0 amide bonds. The van der Waals surface area contributed by atoms with Crippen molar-refractivity contribution >= 4 is 11.0 Å². The summed E-state index contributed by atoms with van der Waals surface area (Å²) in [5.41, 5.74) is 3.60. The van der Waals surface area contributed by atoms with Gasteiger partial charge in [0, 0.05) is 5.69 Å². The van der Waals surface area contributed by atoms with Crippen LogP contribution in [0.3, 0.4) is 0 Å². The lowest BCUT2D eigenvalue weighted by Gasteiger charge is -2.07. The van der Waals surface area contributed by atoms with Gasteiger partial charge in [0.05, 0.1) is 5.39 Å². The molecule has 0 saturated carbocycles. The first kappa shape index (κ1) is 14.3. The highest BCUT2D eigenvalue weighted by atomic mass is 16.5. The van der Waals surface area contributed by atoms with E-state index < -0.39 is 0 Å². The molecule has 0 aliphatic rings. The minimum atomic E-state index is -0.0229. The molecule has 5 nitrogen and oxygen atoms in total. The number of H-pyrrole nitrogens is 1. The van der Waals surface area contributed by atoms with E-state index in [-0.39, 0.29) is 5.88 Å². The van der Waals surface area contributed by atoms with Crippen LogP contribution in [-0.4, -0.2) is 20.1 Å². The molecule has 2 aromatic carbocycles. The largest absolute Gasteiger partial charge is 0.493 e. The summed E-state index contributed by atoms with van der Waals surface area (Å²) < 4.78 is 5.79. The summed E-state index contributed by atoms with van der Waals surface area (Å²) in [7, 11) is 0. The second-order valence-corrected chi connectivity index (χ2v) is 5.44. The summed E-state index contributed by atoms with van der Waals surface area (Å²) in [4.78, 5) is 11.1. The molecule has 2 N–H and O–H groups in total. The number of fused-ring (bicyclic) bond motifs is 1. The minimum absolute atomic E-state index is 0.0229. The Morgan fingerprint density at radius 1 is 0.958 bits per heavy atom. The molecule has 4 rings (SSSR count). The summed E-state index contributed by atoms with van der Waals surface area (Å²) in [5, 5.41) is 10.4. The molecule has 0 aliphatic carbocycles. The SMILES string of the molecule is Oc1ncnc2[nH]c(-c3ccc(OCc4ccccc4)cc3)cc12. The van der Waals surface area contributed by atoms with Gasteiger partial charge in [0.1, 0.15) is 24.3 Å². The molecular weight excluding hydrogens is 302 g/mol. The van der Waals surface area contributed by atoms with Gasteiger partial charge < -0.3 is 14.8 Å². The van der Waals surface area contributed by atoms with E-state index in [0.29, 0.717) is 17.6 Å². The minimum Gasteiger partial charge on any atom is -0.493 e. The highest BCUT2D eigenvalue weighted by Gasteiger charge is 2.08. The fourth-order valence-electron chi connectivity index (χ4n) is 2.55. The van der Waals surface area contributed by atoms with Crippen LogP contribution in [0.5, 0.6) is 11.6 Å². The van der Waals surface area contributed by atoms with Crippen LogP contribution in [-0.2, 0) is 6.61 Å². The second-order valence-electron chi connectivity index (χ2n) is 5.44. The third kappa shape index (κ3) is 2.79. The number of benzene rings is 2. The number of nitrogens with one attached hydrogen (secondary N) is 1.